The third-order valence-corrected chi connectivity index (χ3v) is 6.15. The van der Waals surface area contributed by atoms with Crippen LogP contribution < -0.4 is 4.90 Å². The molecule has 4 aromatic rings. The third kappa shape index (κ3) is 3.60. The Labute approximate surface area is 184 Å². The largest absolute Gasteiger partial charge is 0.369 e. The molecular weight excluding hydrogens is 410 g/mol. The van der Waals surface area contributed by atoms with Crippen LogP contribution in [-0.2, 0) is 0 Å². The molecule has 1 N–H and O–H groups in total. The Balaban J connectivity index is 1.54. The van der Waals surface area contributed by atoms with E-state index in [1.165, 1.54) is 23.0 Å². The van der Waals surface area contributed by atoms with Gasteiger partial charge in [-0.25, -0.2) is 9.37 Å². The summed E-state index contributed by atoms with van der Waals surface area (Å²) >= 11 is 0. The number of aromatic nitrogens is 4. The lowest BCUT2D eigenvalue weighted by atomic mass is 9.99. The highest BCUT2D eigenvalue weighted by Gasteiger charge is 2.19. The molecule has 1 aliphatic rings. The fourth-order valence-corrected chi connectivity index (χ4v) is 4.50. The highest BCUT2D eigenvalue weighted by atomic mass is 19.2. The molecule has 1 aromatic carbocycles. The normalized spacial score (nSPS) is 15.0. The number of H-pyrrole nitrogens is 1. The summed E-state index contributed by atoms with van der Waals surface area (Å²) in [5, 5.41) is 9.49. The minimum Gasteiger partial charge on any atom is -0.369 e. The average Bonchev–Trinajstić information content (AvgIpc) is 3.20. The Kier molecular flexibility index (Phi) is 5.09. The molecule has 0 atom stereocenters. The van der Waals surface area contributed by atoms with E-state index in [2.05, 4.69) is 63.0 Å². The molecule has 6 nitrogen and oxygen atoms in total. The number of piperazine rings is 1. The number of pyridine rings is 1. The van der Waals surface area contributed by atoms with E-state index in [0.29, 0.717) is 16.8 Å². The minimum atomic E-state index is -1.11. The zero-order valence-electron chi connectivity index (χ0n) is 18.3. The van der Waals surface area contributed by atoms with Gasteiger partial charge in [0.25, 0.3) is 0 Å². The molecule has 0 aliphatic carbocycles. The second-order valence-corrected chi connectivity index (χ2v) is 8.44. The van der Waals surface area contributed by atoms with Gasteiger partial charge in [0.2, 0.25) is 5.95 Å². The van der Waals surface area contributed by atoms with Gasteiger partial charge in [0, 0.05) is 66.3 Å². The number of anilines is 1. The molecule has 0 amide bonds. The smallest absolute Gasteiger partial charge is 0.248 e. The SMILES string of the molecule is Cc1cc(-c2cc3c(-c4cnc(F)c(F)c4)c[nH]c3nn2)cc(C)c1N1CCN(C)CC1. The number of aromatic amines is 1. The van der Waals surface area contributed by atoms with Crippen molar-refractivity contribution in [3.05, 3.63) is 59.6 Å². The van der Waals surface area contributed by atoms with Crippen LogP contribution in [-0.4, -0.2) is 58.3 Å². The van der Waals surface area contributed by atoms with Crippen molar-refractivity contribution in [1.82, 2.24) is 25.1 Å². The van der Waals surface area contributed by atoms with Crippen molar-refractivity contribution in [3.63, 3.8) is 0 Å². The number of benzene rings is 1. The van der Waals surface area contributed by atoms with Gasteiger partial charge >= 0.3 is 0 Å². The van der Waals surface area contributed by atoms with E-state index in [4.69, 9.17) is 0 Å². The maximum absolute atomic E-state index is 13.7. The molecule has 0 spiro atoms. The molecule has 3 aromatic heterocycles. The summed E-state index contributed by atoms with van der Waals surface area (Å²) < 4.78 is 27.0. The van der Waals surface area contributed by atoms with Gasteiger partial charge in [-0.15, -0.1) is 10.2 Å². The molecule has 8 heteroatoms. The highest BCUT2D eigenvalue weighted by molar-refractivity contribution is 5.95. The topological polar surface area (TPSA) is 60.9 Å². The molecule has 1 saturated heterocycles. The first-order valence-electron chi connectivity index (χ1n) is 10.6. The Hall–Kier alpha value is -3.39. The van der Waals surface area contributed by atoms with Gasteiger partial charge in [-0.2, -0.15) is 4.39 Å². The van der Waals surface area contributed by atoms with Crippen LogP contribution in [0.3, 0.4) is 0 Å². The maximum Gasteiger partial charge on any atom is 0.248 e. The van der Waals surface area contributed by atoms with Crippen LogP contribution in [0.4, 0.5) is 14.5 Å². The number of rotatable bonds is 3. The standard InChI is InChI=1S/C24H24F2N6/c1-14-8-16(9-15(2)22(14)32-6-4-31(3)5-7-32)21-11-18-19(13-28-24(18)30-29-21)17-10-20(25)23(26)27-12-17/h8-13H,4-7H2,1-3H3,(H,28,30). The number of fused-ring (bicyclic) bond motifs is 1. The van der Waals surface area contributed by atoms with E-state index < -0.39 is 11.8 Å². The van der Waals surface area contributed by atoms with Gasteiger partial charge in [-0.1, -0.05) is 0 Å². The number of halogens is 2. The van der Waals surface area contributed by atoms with Crippen molar-refractivity contribution >= 4 is 16.7 Å². The second kappa shape index (κ2) is 7.94. The van der Waals surface area contributed by atoms with Crippen molar-refractivity contribution in [2.24, 2.45) is 0 Å². The summed E-state index contributed by atoms with van der Waals surface area (Å²) in [6.07, 6.45) is 3.03. The summed E-state index contributed by atoms with van der Waals surface area (Å²) in [4.78, 5) is 11.3. The van der Waals surface area contributed by atoms with Crippen LogP contribution >= 0.6 is 0 Å². The molecule has 164 valence electrons. The predicted octanol–water partition coefficient (Wildman–Crippen LogP) is 4.33. The summed E-state index contributed by atoms with van der Waals surface area (Å²) in [6.45, 7) is 8.39. The van der Waals surface area contributed by atoms with E-state index in [1.807, 2.05) is 6.07 Å². The van der Waals surface area contributed by atoms with Crippen molar-refractivity contribution in [1.29, 1.82) is 0 Å². The number of hydrogen-bond acceptors (Lipinski definition) is 5. The number of nitrogens with zero attached hydrogens (tertiary/aromatic N) is 5. The van der Waals surface area contributed by atoms with Gasteiger partial charge in [-0.3, -0.25) is 0 Å². The molecule has 0 unspecified atom stereocenters. The molecule has 0 bridgehead atoms. The van der Waals surface area contributed by atoms with Crippen LogP contribution in [0.1, 0.15) is 11.1 Å². The number of nitrogens with one attached hydrogen (secondary N) is 1. The Morgan fingerprint density at radius 2 is 1.62 bits per heavy atom. The second-order valence-electron chi connectivity index (χ2n) is 8.44. The quantitative estimate of drug-likeness (QED) is 0.486. The van der Waals surface area contributed by atoms with Gasteiger partial charge < -0.3 is 14.8 Å². The van der Waals surface area contributed by atoms with E-state index >= 15 is 0 Å². The zero-order valence-corrected chi connectivity index (χ0v) is 18.3. The molecule has 0 saturated carbocycles. The van der Waals surface area contributed by atoms with Gasteiger partial charge in [0.15, 0.2) is 11.5 Å². The lowest BCUT2D eigenvalue weighted by Gasteiger charge is -2.36. The van der Waals surface area contributed by atoms with Gasteiger partial charge in [0.1, 0.15) is 0 Å². The van der Waals surface area contributed by atoms with Crippen molar-refractivity contribution in [3.8, 4) is 22.4 Å². The number of aryl methyl sites for hydroxylation is 2. The van der Waals surface area contributed by atoms with Crippen LogP contribution in [0.2, 0.25) is 0 Å². The molecule has 32 heavy (non-hydrogen) atoms. The lowest BCUT2D eigenvalue weighted by Crippen LogP contribution is -2.45. The molecule has 0 radical (unpaired) electrons. The fourth-order valence-electron chi connectivity index (χ4n) is 4.50. The molecule has 5 rings (SSSR count). The van der Waals surface area contributed by atoms with E-state index in [-0.39, 0.29) is 0 Å². The van der Waals surface area contributed by atoms with Crippen molar-refractivity contribution in [2.45, 2.75) is 13.8 Å². The first-order chi connectivity index (χ1) is 15.4. The molecule has 1 fully saturated rings. The van der Waals surface area contributed by atoms with Crippen LogP contribution in [0.5, 0.6) is 0 Å². The van der Waals surface area contributed by atoms with Gasteiger partial charge in [0.05, 0.1) is 5.69 Å². The average molecular weight is 434 g/mol. The Morgan fingerprint density at radius 3 is 2.31 bits per heavy atom. The predicted molar refractivity (Wildman–Crippen MR) is 122 cm³/mol. The summed E-state index contributed by atoms with van der Waals surface area (Å²) in [5.74, 6) is -2.09. The highest BCUT2D eigenvalue weighted by Crippen LogP contribution is 2.34. The Morgan fingerprint density at radius 1 is 0.906 bits per heavy atom. The van der Waals surface area contributed by atoms with Crippen molar-refractivity contribution in [2.75, 3.05) is 38.1 Å². The maximum atomic E-state index is 13.7. The van der Waals surface area contributed by atoms with Crippen molar-refractivity contribution < 1.29 is 8.78 Å². The number of likely N-dealkylation sites (N-methyl/N-ethyl adjacent to an activating group) is 1. The van der Waals surface area contributed by atoms with E-state index in [9.17, 15) is 8.78 Å². The van der Waals surface area contributed by atoms with Crippen LogP contribution in [0.15, 0.2) is 36.7 Å². The summed E-state index contributed by atoms with van der Waals surface area (Å²) in [6, 6.07) is 7.35. The van der Waals surface area contributed by atoms with Gasteiger partial charge in [-0.05, 0) is 56.3 Å². The molecular formula is C24H24F2N6. The number of hydrogen-bond donors (Lipinski definition) is 1. The van der Waals surface area contributed by atoms with E-state index in [1.54, 1.807) is 6.20 Å². The Bertz CT molecular complexity index is 1280. The van der Waals surface area contributed by atoms with Crippen LogP contribution in [0, 0.1) is 25.6 Å². The molecule has 4 heterocycles. The first kappa shape index (κ1) is 20.5. The van der Waals surface area contributed by atoms with Crippen LogP contribution in [0.25, 0.3) is 33.4 Å². The summed E-state index contributed by atoms with van der Waals surface area (Å²) in [5.41, 5.74) is 7.14. The lowest BCUT2D eigenvalue weighted by molar-refractivity contribution is 0.312. The fraction of sp³-hybridized carbons (Fsp3) is 0.292. The van der Waals surface area contributed by atoms with E-state index in [0.717, 1.165) is 48.9 Å². The first-order valence-corrected chi connectivity index (χ1v) is 10.6. The zero-order chi connectivity index (χ0) is 22.4. The monoisotopic (exact) mass is 434 g/mol. The summed E-state index contributed by atoms with van der Waals surface area (Å²) in [7, 11) is 2.15. The molecule has 1 aliphatic heterocycles. The third-order valence-electron chi connectivity index (χ3n) is 6.15. The minimum absolute atomic E-state index is 0.479.